The minimum atomic E-state index is -0.886. The lowest BCUT2D eigenvalue weighted by Crippen LogP contribution is -2.21. The molecule has 1 atom stereocenters. The molecular formula is C11H14FNO3. The Morgan fingerprint density at radius 2 is 2.25 bits per heavy atom. The van der Waals surface area contributed by atoms with Gasteiger partial charge in [0.1, 0.15) is 11.6 Å². The summed E-state index contributed by atoms with van der Waals surface area (Å²) >= 11 is 0. The molecule has 3 N–H and O–H groups in total. The Balaban J connectivity index is 2.58. The standard InChI is InChI=1S/C11H14FNO3/c1-7(13-5-4-11(15)16)9-3-2-8(12)6-10(9)14/h2-3,6-7,13-14H,4-5H2,1H3,(H,15,16). The first kappa shape index (κ1) is 12.4. The summed E-state index contributed by atoms with van der Waals surface area (Å²) in [6.07, 6.45) is 0.00625. The fourth-order valence-electron chi connectivity index (χ4n) is 1.39. The molecule has 0 aliphatic heterocycles. The normalized spacial score (nSPS) is 12.4. The minimum Gasteiger partial charge on any atom is -0.508 e. The third-order valence-corrected chi connectivity index (χ3v) is 2.25. The first-order chi connectivity index (χ1) is 7.50. The quantitative estimate of drug-likeness (QED) is 0.715. The fraction of sp³-hybridized carbons (Fsp3) is 0.364. The van der Waals surface area contributed by atoms with E-state index in [1.165, 1.54) is 12.1 Å². The van der Waals surface area contributed by atoms with Gasteiger partial charge in [0.05, 0.1) is 6.42 Å². The van der Waals surface area contributed by atoms with E-state index in [1.807, 2.05) is 0 Å². The molecule has 1 rings (SSSR count). The lowest BCUT2D eigenvalue weighted by Gasteiger charge is -2.14. The molecule has 0 saturated carbocycles. The number of phenols is 1. The lowest BCUT2D eigenvalue weighted by molar-refractivity contribution is -0.136. The molecule has 5 heteroatoms. The average Bonchev–Trinajstić information content (AvgIpc) is 2.16. The Bertz CT molecular complexity index is 381. The van der Waals surface area contributed by atoms with Gasteiger partial charge in [-0.15, -0.1) is 0 Å². The first-order valence-corrected chi connectivity index (χ1v) is 4.94. The van der Waals surface area contributed by atoms with Gasteiger partial charge < -0.3 is 15.5 Å². The summed E-state index contributed by atoms with van der Waals surface area (Å²) in [6.45, 7) is 2.07. The Morgan fingerprint density at radius 3 is 2.81 bits per heavy atom. The van der Waals surface area contributed by atoms with Crippen molar-refractivity contribution in [3.63, 3.8) is 0 Å². The van der Waals surface area contributed by atoms with E-state index in [9.17, 15) is 14.3 Å². The van der Waals surface area contributed by atoms with E-state index < -0.39 is 11.8 Å². The van der Waals surface area contributed by atoms with Crippen molar-refractivity contribution in [1.82, 2.24) is 5.32 Å². The number of hydrogen-bond donors (Lipinski definition) is 3. The molecule has 0 amide bonds. The van der Waals surface area contributed by atoms with Gasteiger partial charge in [-0.05, 0) is 13.0 Å². The van der Waals surface area contributed by atoms with E-state index in [-0.39, 0.29) is 18.2 Å². The molecule has 1 unspecified atom stereocenters. The number of rotatable bonds is 5. The van der Waals surface area contributed by atoms with Gasteiger partial charge in [-0.25, -0.2) is 4.39 Å². The average molecular weight is 227 g/mol. The molecule has 1 aromatic carbocycles. The van der Waals surface area contributed by atoms with Crippen LogP contribution in [0.3, 0.4) is 0 Å². The van der Waals surface area contributed by atoms with Crippen LogP contribution in [0.2, 0.25) is 0 Å². The second kappa shape index (κ2) is 5.46. The number of benzene rings is 1. The Morgan fingerprint density at radius 1 is 1.56 bits per heavy atom. The Hall–Kier alpha value is -1.62. The maximum Gasteiger partial charge on any atom is 0.304 e. The van der Waals surface area contributed by atoms with Crippen molar-refractivity contribution in [3.05, 3.63) is 29.6 Å². The molecule has 0 bridgehead atoms. The predicted molar refractivity (Wildman–Crippen MR) is 56.7 cm³/mol. The molecule has 0 aliphatic carbocycles. The molecular weight excluding hydrogens is 213 g/mol. The van der Waals surface area contributed by atoms with E-state index in [4.69, 9.17) is 5.11 Å². The largest absolute Gasteiger partial charge is 0.508 e. The number of phenolic OH excluding ortho intramolecular Hbond substituents is 1. The van der Waals surface area contributed by atoms with E-state index in [2.05, 4.69) is 5.32 Å². The number of carbonyl (C=O) groups is 1. The molecule has 0 aromatic heterocycles. The van der Waals surface area contributed by atoms with Crippen LogP contribution in [0.15, 0.2) is 18.2 Å². The molecule has 0 saturated heterocycles. The lowest BCUT2D eigenvalue weighted by atomic mass is 10.1. The second-order valence-corrected chi connectivity index (χ2v) is 3.52. The van der Waals surface area contributed by atoms with Gasteiger partial charge in [0.15, 0.2) is 0 Å². The Labute approximate surface area is 92.7 Å². The molecule has 0 heterocycles. The van der Waals surface area contributed by atoms with Crippen LogP contribution >= 0.6 is 0 Å². The Kier molecular flexibility index (Phi) is 4.25. The molecule has 0 spiro atoms. The second-order valence-electron chi connectivity index (χ2n) is 3.52. The molecule has 1 aromatic rings. The van der Waals surface area contributed by atoms with Gasteiger partial charge >= 0.3 is 5.97 Å². The number of carboxylic acid groups (broad SMARTS) is 1. The number of aromatic hydroxyl groups is 1. The number of nitrogens with one attached hydrogen (secondary N) is 1. The minimum absolute atomic E-state index is 0.00625. The van der Waals surface area contributed by atoms with E-state index in [0.717, 1.165) is 6.07 Å². The monoisotopic (exact) mass is 227 g/mol. The molecule has 0 aliphatic rings. The third-order valence-electron chi connectivity index (χ3n) is 2.25. The first-order valence-electron chi connectivity index (χ1n) is 4.94. The number of hydrogen-bond acceptors (Lipinski definition) is 3. The summed E-state index contributed by atoms with van der Waals surface area (Å²) in [4.78, 5) is 10.3. The molecule has 16 heavy (non-hydrogen) atoms. The summed E-state index contributed by atoms with van der Waals surface area (Å²) in [5.41, 5.74) is 0.548. The van der Waals surface area contributed by atoms with Crippen LogP contribution in [0, 0.1) is 5.82 Å². The van der Waals surface area contributed by atoms with Crippen molar-refractivity contribution in [2.45, 2.75) is 19.4 Å². The number of carboxylic acids is 1. The van der Waals surface area contributed by atoms with Crippen LogP contribution in [0.1, 0.15) is 24.9 Å². The SMILES string of the molecule is CC(NCCC(=O)O)c1ccc(F)cc1O. The third kappa shape index (κ3) is 3.51. The van der Waals surface area contributed by atoms with E-state index in [0.29, 0.717) is 12.1 Å². The topological polar surface area (TPSA) is 69.6 Å². The smallest absolute Gasteiger partial charge is 0.304 e. The van der Waals surface area contributed by atoms with Crippen molar-refractivity contribution in [2.24, 2.45) is 0 Å². The van der Waals surface area contributed by atoms with Crippen molar-refractivity contribution >= 4 is 5.97 Å². The van der Waals surface area contributed by atoms with Gasteiger partial charge in [0.25, 0.3) is 0 Å². The predicted octanol–water partition coefficient (Wildman–Crippen LogP) is 1.66. The molecule has 0 radical (unpaired) electrons. The highest BCUT2D eigenvalue weighted by molar-refractivity contribution is 5.66. The molecule has 88 valence electrons. The van der Waals surface area contributed by atoms with Crippen LogP contribution in [0.5, 0.6) is 5.75 Å². The van der Waals surface area contributed by atoms with Gasteiger partial charge in [-0.2, -0.15) is 0 Å². The number of aliphatic carboxylic acids is 1. The van der Waals surface area contributed by atoms with Crippen LogP contribution in [-0.4, -0.2) is 22.7 Å². The number of halogens is 1. The zero-order chi connectivity index (χ0) is 12.1. The fourth-order valence-corrected chi connectivity index (χ4v) is 1.39. The highest BCUT2D eigenvalue weighted by Crippen LogP contribution is 2.24. The van der Waals surface area contributed by atoms with Crippen molar-refractivity contribution < 1.29 is 19.4 Å². The van der Waals surface area contributed by atoms with Crippen molar-refractivity contribution in [3.8, 4) is 5.75 Å². The highest BCUT2D eigenvalue weighted by Gasteiger charge is 2.10. The summed E-state index contributed by atoms with van der Waals surface area (Å²) in [5, 5.41) is 20.9. The van der Waals surface area contributed by atoms with Crippen LogP contribution < -0.4 is 5.32 Å². The van der Waals surface area contributed by atoms with Gasteiger partial charge in [-0.3, -0.25) is 4.79 Å². The van der Waals surface area contributed by atoms with Crippen LogP contribution in [0.4, 0.5) is 4.39 Å². The summed E-state index contributed by atoms with van der Waals surface area (Å²) in [7, 11) is 0. The van der Waals surface area contributed by atoms with Crippen LogP contribution in [-0.2, 0) is 4.79 Å². The van der Waals surface area contributed by atoms with Crippen molar-refractivity contribution in [2.75, 3.05) is 6.54 Å². The van der Waals surface area contributed by atoms with Crippen LogP contribution in [0.25, 0.3) is 0 Å². The molecule has 4 nitrogen and oxygen atoms in total. The highest BCUT2D eigenvalue weighted by atomic mass is 19.1. The summed E-state index contributed by atoms with van der Waals surface area (Å²) in [6, 6.07) is 3.54. The van der Waals surface area contributed by atoms with Gasteiger partial charge in [0.2, 0.25) is 0 Å². The zero-order valence-electron chi connectivity index (χ0n) is 8.90. The maximum atomic E-state index is 12.7. The van der Waals surface area contributed by atoms with Crippen molar-refractivity contribution in [1.29, 1.82) is 0 Å². The molecule has 0 fully saturated rings. The van der Waals surface area contributed by atoms with Gasteiger partial charge in [-0.1, -0.05) is 6.07 Å². The zero-order valence-corrected chi connectivity index (χ0v) is 8.90. The van der Waals surface area contributed by atoms with E-state index in [1.54, 1.807) is 6.92 Å². The summed E-state index contributed by atoms with van der Waals surface area (Å²) < 4.78 is 12.7. The van der Waals surface area contributed by atoms with E-state index >= 15 is 0 Å². The van der Waals surface area contributed by atoms with Gasteiger partial charge in [0, 0.05) is 24.2 Å². The summed E-state index contributed by atoms with van der Waals surface area (Å²) in [5.74, 6) is -1.52. The maximum absolute atomic E-state index is 12.7.